The molecule has 1 heterocycles. The summed E-state index contributed by atoms with van der Waals surface area (Å²) >= 11 is 12.4. The van der Waals surface area contributed by atoms with Crippen LogP contribution in [0, 0.1) is 5.41 Å². The van der Waals surface area contributed by atoms with Crippen molar-refractivity contribution in [2.24, 2.45) is 5.41 Å². The molecule has 0 bridgehead atoms. The van der Waals surface area contributed by atoms with Crippen molar-refractivity contribution in [3.05, 3.63) is 29.0 Å². The Morgan fingerprint density at radius 1 is 1.25 bits per heavy atom. The van der Waals surface area contributed by atoms with Gasteiger partial charge in [0.2, 0.25) is 0 Å². The van der Waals surface area contributed by atoms with E-state index in [1.807, 2.05) is 12.1 Å². The fourth-order valence-electron chi connectivity index (χ4n) is 3.38. The van der Waals surface area contributed by atoms with Crippen LogP contribution in [0.1, 0.15) is 44.9 Å². The molecule has 0 unspecified atom stereocenters. The molecule has 2 aromatic rings. The molecule has 3 rings (SSSR count). The van der Waals surface area contributed by atoms with Crippen molar-refractivity contribution in [3.63, 3.8) is 0 Å². The molecule has 4 heteroatoms. The molecule has 1 aromatic heterocycles. The number of hydrogen-bond donors (Lipinski definition) is 0. The van der Waals surface area contributed by atoms with Crippen LogP contribution in [0.5, 0.6) is 0 Å². The van der Waals surface area contributed by atoms with Gasteiger partial charge in [-0.25, -0.2) is 4.98 Å². The summed E-state index contributed by atoms with van der Waals surface area (Å²) in [6, 6.07) is 5.97. The molecule has 1 fully saturated rings. The van der Waals surface area contributed by atoms with Gasteiger partial charge in [-0.15, -0.1) is 11.6 Å². The van der Waals surface area contributed by atoms with Gasteiger partial charge >= 0.3 is 0 Å². The number of halogens is 2. The predicted molar refractivity (Wildman–Crippen MR) is 85.5 cm³/mol. The van der Waals surface area contributed by atoms with Crippen LogP contribution < -0.4 is 0 Å². The minimum Gasteiger partial charge on any atom is -0.326 e. The Balaban J connectivity index is 2.03. The van der Waals surface area contributed by atoms with Gasteiger partial charge in [-0.3, -0.25) is 0 Å². The third-order valence-corrected chi connectivity index (χ3v) is 5.07. The lowest BCUT2D eigenvalue weighted by Gasteiger charge is -2.34. The smallest absolute Gasteiger partial charge is 0.124 e. The number of para-hydroxylation sites is 1. The second-order valence-corrected chi connectivity index (χ2v) is 6.90. The topological polar surface area (TPSA) is 17.8 Å². The number of nitrogens with zero attached hydrogens (tertiary/aromatic N) is 2. The molecule has 0 saturated heterocycles. The minimum atomic E-state index is 0.356. The number of alkyl halides is 1. The predicted octanol–water partition coefficient (Wildman–Crippen LogP) is 5.40. The van der Waals surface area contributed by atoms with Gasteiger partial charge in [0, 0.05) is 6.54 Å². The highest BCUT2D eigenvalue weighted by Gasteiger charge is 2.29. The van der Waals surface area contributed by atoms with E-state index in [0.29, 0.717) is 16.3 Å². The van der Waals surface area contributed by atoms with Crippen molar-refractivity contribution in [2.75, 3.05) is 0 Å². The van der Waals surface area contributed by atoms with E-state index >= 15 is 0 Å². The summed E-state index contributed by atoms with van der Waals surface area (Å²) in [5, 5.41) is 0.710. The summed E-state index contributed by atoms with van der Waals surface area (Å²) in [6.07, 6.45) is 6.61. The second kappa shape index (κ2) is 5.57. The van der Waals surface area contributed by atoms with Gasteiger partial charge in [0.05, 0.1) is 16.4 Å². The summed E-state index contributed by atoms with van der Waals surface area (Å²) in [6.45, 7) is 3.38. The molecule has 0 radical (unpaired) electrons. The maximum absolute atomic E-state index is 6.26. The number of fused-ring (bicyclic) bond motifs is 1. The fraction of sp³-hybridized carbons (Fsp3) is 0.562. The van der Waals surface area contributed by atoms with E-state index in [1.54, 1.807) is 0 Å². The molecule has 1 aromatic carbocycles. The van der Waals surface area contributed by atoms with E-state index in [0.717, 1.165) is 23.4 Å². The molecule has 108 valence electrons. The van der Waals surface area contributed by atoms with E-state index < -0.39 is 0 Å². The van der Waals surface area contributed by atoms with E-state index in [9.17, 15) is 0 Å². The zero-order valence-electron chi connectivity index (χ0n) is 11.8. The largest absolute Gasteiger partial charge is 0.326 e. The highest BCUT2D eigenvalue weighted by atomic mass is 35.5. The summed E-state index contributed by atoms with van der Waals surface area (Å²) < 4.78 is 2.28. The van der Waals surface area contributed by atoms with Crippen LogP contribution in [0.15, 0.2) is 18.2 Å². The van der Waals surface area contributed by atoms with E-state index in [4.69, 9.17) is 23.2 Å². The molecule has 1 saturated carbocycles. The van der Waals surface area contributed by atoms with Gasteiger partial charge < -0.3 is 4.57 Å². The Morgan fingerprint density at radius 2 is 2.00 bits per heavy atom. The Kier molecular flexibility index (Phi) is 3.96. The Bertz CT molecular complexity index is 612. The maximum Gasteiger partial charge on any atom is 0.124 e. The highest BCUT2D eigenvalue weighted by Crippen LogP contribution is 2.38. The van der Waals surface area contributed by atoms with Gasteiger partial charge in [0.1, 0.15) is 11.3 Å². The lowest BCUT2D eigenvalue weighted by atomic mass is 9.75. The number of rotatable bonds is 3. The molecule has 0 N–H and O–H groups in total. The van der Waals surface area contributed by atoms with Crippen LogP contribution in [-0.4, -0.2) is 9.55 Å². The van der Waals surface area contributed by atoms with E-state index in [-0.39, 0.29) is 0 Å². The summed E-state index contributed by atoms with van der Waals surface area (Å²) in [7, 11) is 0. The molecule has 0 amide bonds. The molecule has 2 nitrogen and oxygen atoms in total. The Morgan fingerprint density at radius 3 is 2.70 bits per heavy atom. The van der Waals surface area contributed by atoms with Crippen LogP contribution in [0.2, 0.25) is 5.02 Å². The lowest BCUT2D eigenvalue weighted by molar-refractivity contribution is 0.184. The van der Waals surface area contributed by atoms with E-state index in [2.05, 4.69) is 22.5 Å². The van der Waals surface area contributed by atoms with Crippen LogP contribution in [0.3, 0.4) is 0 Å². The monoisotopic (exact) mass is 310 g/mol. The zero-order chi connectivity index (χ0) is 14.2. The Labute approximate surface area is 130 Å². The van der Waals surface area contributed by atoms with Crippen LogP contribution in [-0.2, 0) is 12.4 Å². The van der Waals surface area contributed by atoms with Crippen molar-refractivity contribution < 1.29 is 0 Å². The van der Waals surface area contributed by atoms with Crippen molar-refractivity contribution in [3.8, 4) is 0 Å². The molecule has 1 aliphatic carbocycles. The van der Waals surface area contributed by atoms with Gasteiger partial charge in [-0.2, -0.15) is 0 Å². The first-order chi connectivity index (χ1) is 9.63. The van der Waals surface area contributed by atoms with Crippen LogP contribution in [0.25, 0.3) is 11.0 Å². The average Bonchev–Trinajstić information content (AvgIpc) is 2.79. The van der Waals surface area contributed by atoms with Gasteiger partial charge in [0.15, 0.2) is 0 Å². The number of hydrogen-bond acceptors (Lipinski definition) is 1. The van der Waals surface area contributed by atoms with Gasteiger partial charge in [-0.05, 0) is 30.4 Å². The third-order valence-electron chi connectivity index (χ3n) is 4.53. The van der Waals surface area contributed by atoms with Crippen LogP contribution in [0.4, 0.5) is 0 Å². The summed E-state index contributed by atoms with van der Waals surface area (Å²) in [4.78, 5) is 4.63. The molecule has 0 aliphatic heterocycles. The van der Waals surface area contributed by atoms with Crippen molar-refractivity contribution >= 4 is 34.2 Å². The quantitative estimate of drug-likeness (QED) is 0.694. The second-order valence-electron chi connectivity index (χ2n) is 6.23. The molecule has 20 heavy (non-hydrogen) atoms. The van der Waals surface area contributed by atoms with Crippen molar-refractivity contribution in [1.29, 1.82) is 0 Å². The number of benzene rings is 1. The minimum absolute atomic E-state index is 0.356. The standard InChI is InChI=1S/C16H20Cl2N2/c1-16(8-3-2-4-9-16)11-20-13-7-5-6-12(18)15(13)19-14(20)10-17/h5-7H,2-4,8-11H2,1H3. The first-order valence-electron chi connectivity index (χ1n) is 7.33. The van der Waals surface area contributed by atoms with Crippen LogP contribution >= 0.6 is 23.2 Å². The number of aromatic nitrogens is 2. The molecular weight excluding hydrogens is 291 g/mol. The molecule has 1 aliphatic rings. The molecular formula is C16H20Cl2N2. The average molecular weight is 311 g/mol. The van der Waals surface area contributed by atoms with Crippen molar-refractivity contribution in [1.82, 2.24) is 9.55 Å². The third kappa shape index (κ3) is 2.56. The van der Waals surface area contributed by atoms with Crippen molar-refractivity contribution in [2.45, 2.75) is 51.5 Å². The normalized spacial score (nSPS) is 18.6. The first-order valence-corrected chi connectivity index (χ1v) is 8.24. The summed E-state index contributed by atoms with van der Waals surface area (Å²) in [5.74, 6) is 1.36. The summed E-state index contributed by atoms with van der Waals surface area (Å²) in [5.41, 5.74) is 2.35. The highest BCUT2D eigenvalue weighted by molar-refractivity contribution is 6.35. The molecule has 0 spiro atoms. The Hall–Kier alpha value is -0.730. The number of imidazole rings is 1. The SMILES string of the molecule is CC1(Cn2c(CCl)nc3c(Cl)cccc32)CCCCC1. The zero-order valence-corrected chi connectivity index (χ0v) is 13.3. The maximum atomic E-state index is 6.26. The molecule has 0 atom stereocenters. The van der Waals surface area contributed by atoms with E-state index in [1.165, 1.54) is 32.1 Å². The first kappa shape index (κ1) is 14.2. The lowest BCUT2D eigenvalue weighted by Crippen LogP contribution is -2.26. The van der Waals surface area contributed by atoms with Gasteiger partial charge in [-0.1, -0.05) is 43.9 Å². The fourth-order valence-corrected chi connectivity index (χ4v) is 3.80. The van der Waals surface area contributed by atoms with Gasteiger partial charge in [0.25, 0.3) is 0 Å².